The van der Waals surface area contributed by atoms with Crippen LogP contribution in [0.25, 0.3) is 0 Å². The minimum atomic E-state index is -2.00. The smallest absolute Gasteiger partial charge is 0.0111 e. The van der Waals surface area contributed by atoms with Crippen molar-refractivity contribution < 1.29 is 30.5 Å². The van der Waals surface area contributed by atoms with Crippen LogP contribution in [-0.4, -0.2) is 16.8 Å². The molecule has 1 heterocycles. The summed E-state index contributed by atoms with van der Waals surface area (Å²) in [7, 11) is 1.15. The molecule has 0 aromatic rings. The van der Waals surface area contributed by atoms with Crippen LogP contribution in [0.2, 0.25) is 0 Å². The second-order valence-corrected chi connectivity index (χ2v) is 3.47. The van der Waals surface area contributed by atoms with Gasteiger partial charge in [0.1, 0.15) is 0 Å². The molecule has 58 valence electrons. The monoisotopic (exact) mass is 195 g/mol. The molecular formula is C5H11O3SiTi-. The molecule has 0 spiro atoms. The van der Waals surface area contributed by atoms with E-state index < -0.39 is 19.1 Å². The zero-order valence-electron chi connectivity index (χ0n) is 6.05. The quantitative estimate of drug-likeness (QED) is 0.397. The van der Waals surface area contributed by atoms with Gasteiger partial charge >= 0.3 is 25.7 Å². The molecule has 0 atom stereocenters. The first kappa shape index (κ1) is 10.5. The Morgan fingerprint density at radius 3 is 2.20 bits per heavy atom. The average Bonchev–Trinajstić information content (AvgIpc) is 1.91. The van der Waals surface area contributed by atoms with Gasteiger partial charge in [0.25, 0.3) is 0 Å². The fourth-order valence-electron chi connectivity index (χ4n) is 0.795. The predicted molar refractivity (Wildman–Crippen MR) is 34.4 cm³/mol. The minimum absolute atomic E-state index is 0.985. The van der Waals surface area contributed by atoms with E-state index in [1.807, 2.05) is 0 Å². The Balaban J connectivity index is 0.000000236. The van der Waals surface area contributed by atoms with Crippen molar-refractivity contribution in [2.75, 3.05) is 6.61 Å². The Hall–Kier alpha value is 0.491. The Bertz CT molecular complexity index is 107. The molecule has 1 fully saturated rings. The summed E-state index contributed by atoms with van der Waals surface area (Å²) in [5, 5.41) is 0. The summed E-state index contributed by atoms with van der Waals surface area (Å²) in [5.74, 6) is 0. The van der Waals surface area contributed by atoms with Gasteiger partial charge in [-0.3, -0.25) is 0 Å². The maximum Gasteiger partial charge on any atom is 0.0111 e. The molecule has 1 aliphatic heterocycles. The van der Waals surface area contributed by atoms with Crippen LogP contribution in [0.15, 0.2) is 0 Å². The van der Waals surface area contributed by atoms with E-state index in [9.17, 15) is 0 Å². The minimum Gasteiger partial charge on any atom is -0.551 e. The number of hydrogen-bond acceptors (Lipinski definition) is 3. The Labute approximate surface area is 72.5 Å². The summed E-state index contributed by atoms with van der Waals surface area (Å²) in [6.45, 7) is 0.985. The fraction of sp³-hybridized carbons (Fsp3) is 0.800. The zero-order chi connectivity index (χ0) is 7.82. The van der Waals surface area contributed by atoms with Crippen LogP contribution in [0, 0.1) is 5.73 Å². The fourth-order valence-corrected chi connectivity index (χ4v) is 1.35. The van der Waals surface area contributed by atoms with Gasteiger partial charge in [0.15, 0.2) is 0 Å². The average molecular weight is 195 g/mol. The Morgan fingerprint density at radius 2 is 2.00 bits per heavy atom. The molecule has 1 aliphatic rings. The van der Waals surface area contributed by atoms with Crippen LogP contribution in [0.5, 0.6) is 0 Å². The number of hydrogen-bond donors (Lipinski definition) is 0. The molecule has 1 saturated heterocycles. The zero-order valence-corrected chi connectivity index (χ0v) is 9.61. The van der Waals surface area contributed by atoms with Crippen molar-refractivity contribution in [1.29, 1.82) is 0 Å². The van der Waals surface area contributed by atoms with Crippen molar-refractivity contribution in [2.24, 2.45) is 0 Å². The molecule has 0 amide bonds. The van der Waals surface area contributed by atoms with Gasteiger partial charge in [0, 0.05) is 6.61 Å². The predicted octanol–water partition coefficient (Wildman–Crippen LogP) is -0.198. The third-order valence-electron chi connectivity index (χ3n) is 1.27. The van der Waals surface area contributed by atoms with E-state index in [1.165, 1.54) is 25.0 Å². The van der Waals surface area contributed by atoms with Crippen LogP contribution in [0.3, 0.4) is 0 Å². The summed E-state index contributed by atoms with van der Waals surface area (Å²) < 4.78 is 22.3. The molecule has 3 nitrogen and oxygen atoms in total. The van der Waals surface area contributed by atoms with Gasteiger partial charge in [-0.25, -0.2) is 5.73 Å². The number of ether oxygens (including phenoxy) is 1. The van der Waals surface area contributed by atoms with Gasteiger partial charge in [0.05, 0.1) is 0 Å². The third kappa shape index (κ3) is 6.61. The van der Waals surface area contributed by atoms with E-state index in [0.717, 1.165) is 16.8 Å². The van der Waals surface area contributed by atoms with Gasteiger partial charge in [-0.2, -0.15) is 6.42 Å². The molecule has 0 unspecified atom stereocenters. The van der Waals surface area contributed by atoms with E-state index in [1.54, 1.807) is 0 Å². The van der Waals surface area contributed by atoms with Crippen LogP contribution < -0.4 is 0 Å². The van der Waals surface area contributed by atoms with Crippen molar-refractivity contribution in [2.45, 2.75) is 19.3 Å². The standard InChI is InChI=1S/C5H11OSi.2O.Ti/c7-5-3-1-2-4-6-5;;;/h1-4H2,7H3;;;/q-1;;;. The van der Waals surface area contributed by atoms with Gasteiger partial charge in [-0.05, 0) is 6.42 Å². The largest absolute Gasteiger partial charge is 0.551 e. The van der Waals surface area contributed by atoms with Crippen molar-refractivity contribution in [1.82, 2.24) is 0 Å². The molecule has 0 N–H and O–H groups in total. The molecule has 10 heavy (non-hydrogen) atoms. The van der Waals surface area contributed by atoms with Gasteiger partial charge in [-0.1, -0.05) is 6.42 Å². The Kier molecular flexibility index (Phi) is 7.97. The normalized spacial score (nSPS) is 18.8. The Morgan fingerprint density at radius 1 is 1.40 bits per heavy atom. The summed E-state index contributed by atoms with van der Waals surface area (Å²) in [4.78, 5) is 0. The molecule has 0 saturated carbocycles. The first-order valence-corrected chi connectivity index (χ1v) is 5.53. The van der Waals surface area contributed by atoms with Crippen molar-refractivity contribution in [3.8, 4) is 0 Å². The van der Waals surface area contributed by atoms with Crippen molar-refractivity contribution in [3.63, 3.8) is 0 Å². The molecule has 0 bridgehead atoms. The van der Waals surface area contributed by atoms with Gasteiger partial charge in [0.2, 0.25) is 0 Å². The van der Waals surface area contributed by atoms with E-state index in [2.05, 4.69) is 0 Å². The molecule has 1 rings (SSSR count). The van der Waals surface area contributed by atoms with Crippen molar-refractivity contribution in [3.05, 3.63) is 5.73 Å². The third-order valence-corrected chi connectivity index (χ3v) is 2.06. The van der Waals surface area contributed by atoms with E-state index in [4.69, 9.17) is 11.4 Å². The molecule has 0 aromatic heterocycles. The summed E-state index contributed by atoms with van der Waals surface area (Å²) in [5.41, 5.74) is 1.35. The van der Waals surface area contributed by atoms with Crippen LogP contribution >= 0.6 is 0 Å². The van der Waals surface area contributed by atoms with E-state index in [-0.39, 0.29) is 0 Å². The maximum atomic E-state index is 8.50. The van der Waals surface area contributed by atoms with E-state index in [0.29, 0.717) is 0 Å². The molecule has 0 radical (unpaired) electrons. The summed E-state index contributed by atoms with van der Waals surface area (Å²) in [6.07, 6.45) is 3.87. The SMILES string of the molecule is [O]=[Ti]=[O].[SiH3][C-]1CCCCO1. The molecular weight excluding hydrogens is 184 g/mol. The summed E-state index contributed by atoms with van der Waals surface area (Å²) in [6, 6.07) is 0. The molecule has 0 aliphatic carbocycles. The first-order valence-electron chi connectivity index (χ1n) is 3.25. The van der Waals surface area contributed by atoms with Gasteiger partial charge in [-0.15, -0.1) is 10.2 Å². The first-order chi connectivity index (χ1) is 4.81. The molecule has 0 aromatic carbocycles. The topological polar surface area (TPSA) is 43.4 Å². The van der Waals surface area contributed by atoms with Crippen LogP contribution in [0.4, 0.5) is 0 Å². The molecule has 5 heteroatoms. The maximum absolute atomic E-state index is 8.50. The summed E-state index contributed by atoms with van der Waals surface area (Å²) >= 11 is -2.00. The van der Waals surface area contributed by atoms with Gasteiger partial charge < -0.3 is 4.74 Å². The van der Waals surface area contributed by atoms with Crippen molar-refractivity contribution >= 4 is 10.2 Å². The second-order valence-electron chi connectivity index (χ2n) is 2.09. The van der Waals surface area contributed by atoms with Crippen LogP contribution in [-0.2, 0) is 30.5 Å². The number of rotatable bonds is 0. The van der Waals surface area contributed by atoms with Crippen LogP contribution in [0.1, 0.15) is 19.3 Å². The van der Waals surface area contributed by atoms with E-state index >= 15 is 0 Å². The second kappa shape index (κ2) is 7.60.